The van der Waals surface area contributed by atoms with Gasteiger partial charge in [0.1, 0.15) is 5.00 Å². The lowest BCUT2D eigenvalue weighted by atomic mass is 10.2. The highest BCUT2D eigenvalue weighted by atomic mass is 32.2. The lowest BCUT2D eigenvalue weighted by Gasteiger charge is -2.11. The lowest BCUT2D eigenvalue weighted by Crippen LogP contribution is -2.28. The largest absolute Gasteiger partial charge is 0.365 e. The summed E-state index contributed by atoms with van der Waals surface area (Å²) in [6, 6.07) is 7.95. The van der Waals surface area contributed by atoms with E-state index < -0.39 is 5.91 Å². The van der Waals surface area contributed by atoms with E-state index >= 15 is 0 Å². The number of benzene rings is 1. The molecule has 3 amide bonds. The summed E-state index contributed by atoms with van der Waals surface area (Å²) in [5.74, 6) is 0.199. The van der Waals surface area contributed by atoms with Gasteiger partial charge in [-0.3, -0.25) is 10.1 Å². The number of aryl methyl sites for hydroxylation is 1. The SMILES string of the molecule is Cc1ccc(CSc2csc(NC(=O)N(C)C)c2C(N)=O)cc1. The van der Waals surface area contributed by atoms with E-state index in [-0.39, 0.29) is 6.03 Å². The smallest absolute Gasteiger partial charge is 0.321 e. The Morgan fingerprint density at radius 3 is 2.48 bits per heavy atom. The summed E-state index contributed by atoms with van der Waals surface area (Å²) in [5.41, 5.74) is 8.24. The molecule has 0 radical (unpaired) electrons. The van der Waals surface area contributed by atoms with Crippen molar-refractivity contribution in [2.75, 3.05) is 19.4 Å². The molecule has 0 spiro atoms. The summed E-state index contributed by atoms with van der Waals surface area (Å²) < 4.78 is 0. The first kappa shape index (κ1) is 17.4. The first-order chi connectivity index (χ1) is 10.9. The molecule has 0 aliphatic carbocycles. The number of carbonyl (C=O) groups excluding carboxylic acids is 2. The number of anilines is 1. The van der Waals surface area contributed by atoms with Crippen molar-refractivity contribution >= 4 is 40.0 Å². The molecule has 7 heteroatoms. The van der Waals surface area contributed by atoms with E-state index in [0.717, 1.165) is 10.6 Å². The van der Waals surface area contributed by atoms with Gasteiger partial charge in [0, 0.05) is 30.1 Å². The van der Waals surface area contributed by atoms with Crippen molar-refractivity contribution in [2.24, 2.45) is 5.73 Å². The highest BCUT2D eigenvalue weighted by Gasteiger charge is 2.19. The first-order valence-corrected chi connectivity index (χ1v) is 8.83. The molecule has 0 aliphatic rings. The van der Waals surface area contributed by atoms with Gasteiger partial charge in [-0.2, -0.15) is 0 Å². The molecule has 2 aromatic rings. The van der Waals surface area contributed by atoms with E-state index in [1.54, 1.807) is 14.1 Å². The van der Waals surface area contributed by atoms with E-state index in [0.29, 0.717) is 10.6 Å². The van der Waals surface area contributed by atoms with Gasteiger partial charge in [0.25, 0.3) is 5.91 Å². The number of thiophene rings is 1. The number of hydrogen-bond donors (Lipinski definition) is 2. The van der Waals surface area contributed by atoms with Crippen LogP contribution in [0.3, 0.4) is 0 Å². The predicted octanol–water partition coefficient (Wildman–Crippen LogP) is 3.54. The van der Waals surface area contributed by atoms with Crippen molar-refractivity contribution < 1.29 is 9.59 Å². The lowest BCUT2D eigenvalue weighted by molar-refractivity contribution is 0.0999. The third-order valence-electron chi connectivity index (χ3n) is 3.15. The van der Waals surface area contributed by atoms with Crippen molar-refractivity contribution in [1.29, 1.82) is 0 Å². The topological polar surface area (TPSA) is 75.4 Å². The molecule has 1 heterocycles. The summed E-state index contributed by atoms with van der Waals surface area (Å²) in [6.45, 7) is 2.04. The molecule has 5 nitrogen and oxygen atoms in total. The van der Waals surface area contributed by atoms with Gasteiger partial charge in [0.2, 0.25) is 0 Å². The Bertz CT molecular complexity index is 709. The van der Waals surface area contributed by atoms with E-state index in [9.17, 15) is 9.59 Å². The summed E-state index contributed by atoms with van der Waals surface area (Å²) in [5, 5.41) is 5.05. The van der Waals surface area contributed by atoms with Gasteiger partial charge in [0.15, 0.2) is 0 Å². The van der Waals surface area contributed by atoms with Gasteiger partial charge in [-0.15, -0.1) is 23.1 Å². The van der Waals surface area contributed by atoms with Gasteiger partial charge >= 0.3 is 6.03 Å². The number of nitrogens with zero attached hydrogens (tertiary/aromatic N) is 1. The first-order valence-electron chi connectivity index (χ1n) is 6.96. The highest BCUT2D eigenvalue weighted by Crippen LogP contribution is 2.36. The molecule has 0 unspecified atom stereocenters. The summed E-state index contributed by atoms with van der Waals surface area (Å²) in [4.78, 5) is 25.7. The number of hydrogen-bond acceptors (Lipinski definition) is 4. The standard InChI is InChI=1S/C16H19N3O2S2/c1-10-4-6-11(7-5-10)8-22-12-9-23-15(13(12)14(17)20)18-16(21)19(2)3/h4-7,9H,8H2,1-3H3,(H2,17,20)(H,18,21). The van der Waals surface area contributed by atoms with Crippen LogP contribution in [-0.4, -0.2) is 30.9 Å². The zero-order chi connectivity index (χ0) is 17.0. The fraction of sp³-hybridized carbons (Fsp3) is 0.250. The van der Waals surface area contributed by atoms with E-state index in [1.165, 1.54) is 39.1 Å². The number of thioether (sulfide) groups is 1. The number of nitrogens with one attached hydrogen (secondary N) is 1. The van der Waals surface area contributed by atoms with Crippen molar-refractivity contribution in [2.45, 2.75) is 17.6 Å². The minimum absolute atomic E-state index is 0.288. The Balaban J connectivity index is 2.15. The summed E-state index contributed by atoms with van der Waals surface area (Å²) >= 11 is 2.84. The number of amides is 3. The van der Waals surface area contributed by atoms with Crippen LogP contribution in [0.4, 0.5) is 9.80 Å². The fourth-order valence-corrected chi connectivity index (χ4v) is 3.99. The molecule has 0 atom stereocenters. The molecule has 1 aromatic carbocycles. The maximum Gasteiger partial charge on any atom is 0.321 e. The normalized spacial score (nSPS) is 10.4. The van der Waals surface area contributed by atoms with Crippen LogP contribution in [0, 0.1) is 6.92 Å². The number of urea groups is 1. The number of nitrogens with two attached hydrogens (primary N) is 1. The number of carbonyl (C=O) groups is 2. The van der Waals surface area contributed by atoms with E-state index in [1.807, 2.05) is 12.3 Å². The quantitative estimate of drug-likeness (QED) is 0.811. The monoisotopic (exact) mass is 349 g/mol. The molecule has 0 aliphatic heterocycles. The second-order valence-corrected chi connectivity index (χ2v) is 7.16. The Morgan fingerprint density at radius 2 is 1.91 bits per heavy atom. The van der Waals surface area contributed by atoms with Gasteiger partial charge < -0.3 is 10.6 Å². The maximum atomic E-state index is 11.8. The summed E-state index contributed by atoms with van der Waals surface area (Å²) in [7, 11) is 3.28. The van der Waals surface area contributed by atoms with Gasteiger partial charge in [-0.05, 0) is 12.5 Å². The van der Waals surface area contributed by atoms with Crippen LogP contribution >= 0.6 is 23.1 Å². The maximum absolute atomic E-state index is 11.8. The second-order valence-electron chi connectivity index (χ2n) is 5.27. The van der Waals surface area contributed by atoms with E-state index in [4.69, 9.17) is 5.73 Å². The molecule has 0 saturated carbocycles. The Hall–Kier alpha value is -1.99. The third-order valence-corrected chi connectivity index (χ3v) is 5.30. The Kier molecular flexibility index (Phi) is 5.68. The minimum Gasteiger partial charge on any atom is -0.365 e. The van der Waals surface area contributed by atoms with Crippen molar-refractivity contribution in [3.8, 4) is 0 Å². The van der Waals surface area contributed by atoms with Crippen molar-refractivity contribution in [1.82, 2.24) is 4.90 Å². The molecule has 23 heavy (non-hydrogen) atoms. The highest BCUT2D eigenvalue weighted by molar-refractivity contribution is 7.98. The zero-order valence-corrected chi connectivity index (χ0v) is 14.9. The average molecular weight is 349 g/mol. The van der Waals surface area contributed by atoms with Crippen LogP contribution in [0.1, 0.15) is 21.5 Å². The number of primary amides is 1. The molecular weight excluding hydrogens is 330 g/mol. The molecular formula is C16H19N3O2S2. The third kappa shape index (κ3) is 4.49. The van der Waals surface area contributed by atoms with Crippen LogP contribution in [0.15, 0.2) is 34.5 Å². The molecule has 122 valence electrons. The molecule has 0 bridgehead atoms. The molecule has 2 rings (SSSR count). The molecule has 0 saturated heterocycles. The second kappa shape index (κ2) is 7.52. The zero-order valence-electron chi connectivity index (χ0n) is 13.3. The van der Waals surface area contributed by atoms with Crippen LogP contribution in [0.25, 0.3) is 0 Å². The predicted molar refractivity (Wildman–Crippen MR) is 96.3 cm³/mol. The fourth-order valence-electron chi connectivity index (χ4n) is 1.83. The van der Waals surface area contributed by atoms with Crippen LogP contribution < -0.4 is 11.1 Å². The molecule has 3 N–H and O–H groups in total. The number of rotatable bonds is 5. The van der Waals surface area contributed by atoms with Crippen molar-refractivity contribution in [3.05, 3.63) is 46.3 Å². The molecule has 0 fully saturated rings. The van der Waals surface area contributed by atoms with E-state index in [2.05, 4.69) is 29.6 Å². The summed E-state index contributed by atoms with van der Waals surface area (Å²) in [6.07, 6.45) is 0. The Labute approximate surface area is 143 Å². The van der Waals surface area contributed by atoms with Gasteiger partial charge in [0.05, 0.1) is 5.56 Å². The van der Waals surface area contributed by atoms with Gasteiger partial charge in [-0.1, -0.05) is 29.8 Å². The van der Waals surface area contributed by atoms with Crippen LogP contribution in [0.5, 0.6) is 0 Å². The molecule has 1 aromatic heterocycles. The van der Waals surface area contributed by atoms with Crippen LogP contribution in [-0.2, 0) is 5.75 Å². The minimum atomic E-state index is -0.535. The van der Waals surface area contributed by atoms with Crippen molar-refractivity contribution in [3.63, 3.8) is 0 Å². The van der Waals surface area contributed by atoms with Gasteiger partial charge in [-0.25, -0.2) is 4.79 Å². The average Bonchev–Trinajstić information content (AvgIpc) is 2.89. The van der Waals surface area contributed by atoms with Crippen LogP contribution in [0.2, 0.25) is 0 Å². The Morgan fingerprint density at radius 1 is 1.26 bits per heavy atom.